The zero-order valence-electron chi connectivity index (χ0n) is 17.1. The highest BCUT2D eigenvalue weighted by atomic mass is 16.5. The van der Waals surface area contributed by atoms with Gasteiger partial charge in [-0.2, -0.15) is 0 Å². The van der Waals surface area contributed by atoms with Gasteiger partial charge in [0.1, 0.15) is 0 Å². The molecule has 0 aromatic heterocycles. The van der Waals surface area contributed by atoms with Gasteiger partial charge in [0.25, 0.3) is 5.91 Å². The zero-order valence-corrected chi connectivity index (χ0v) is 17.1. The van der Waals surface area contributed by atoms with E-state index in [2.05, 4.69) is 15.5 Å². The molecular weight excluding hydrogens is 382 g/mol. The number of anilines is 3. The zero-order chi connectivity index (χ0) is 21.3. The van der Waals surface area contributed by atoms with Crippen LogP contribution in [0.1, 0.15) is 43.0 Å². The molecule has 1 saturated heterocycles. The van der Waals surface area contributed by atoms with Gasteiger partial charge in [0, 0.05) is 37.1 Å². The second-order valence-electron chi connectivity index (χ2n) is 7.33. The van der Waals surface area contributed by atoms with Crippen LogP contribution in [-0.2, 0) is 14.3 Å². The van der Waals surface area contributed by atoms with E-state index in [9.17, 15) is 14.4 Å². The highest BCUT2D eigenvalue weighted by Crippen LogP contribution is 2.21. The third-order valence-corrected chi connectivity index (χ3v) is 4.90. The number of hydrogen-bond acceptors (Lipinski definition) is 5. The van der Waals surface area contributed by atoms with Crippen LogP contribution in [0.4, 0.5) is 17.1 Å². The van der Waals surface area contributed by atoms with Crippen LogP contribution in [-0.4, -0.2) is 37.5 Å². The summed E-state index contributed by atoms with van der Waals surface area (Å²) in [5.41, 5.74) is 2.71. The quantitative estimate of drug-likeness (QED) is 0.708. The van der Waals surface area contributed by atoms with E-state index < -0.39 is 11.9 Å². The van der Waals surface area contributed by atoms with Crippen molar-refractivity contribution in [2.45, 2.75) is 32.6 Å². The molecule has 0 spiro atoms. The molecule has 1 fully saturated rings. The maximum Gasteiger partial charge on any atom is 0.338 e. The summed E-state index contributed by atoms with van der Waals surface area (Å²) in [5, 5.41) is 5.36. The van der Waals surface area contributed by atoms with Crippen LogP contribution in [0.25, 0.3) is 0 Å². The Morgan fingerprint density at radius 1 is 0.833 bits per heavy atom. The molecule has 30 heavy (non-hydrogen) atoms. The largest absolute Gasteiger partial charge is 0.452 e. The first-order chi connectivity index (χ1) is 14.5. The predicted octanol–water partition coefficient (Wildman–Crippen LogP) is 3.82. The average Bonchev–Trinajstić information content (AvgIpc) is 3.02. The van der Waals surface area contributed by atoms with Crippen LogP contribution >= 0.6 is 0 Å². The second kappa shape index (κ2) is 10.4. The van der Waals surface area contributed by atoms with Crippen LogP contribution in [0.2, 0.25) is 0 Å². The molecule has 3 rings (SSSR count). The number of carbonyl (C=O) groups excluding carboxylic acids is 3. The Labute approximate surface area is 176 Å². The summed E-state index contributed by atoms with van der Waals surface area (Å²) in [7, 11) is 0. The molecule has 2 amide bonds. The number of benzene rings is 2. The van der Waals surface area contributed by atoms with Gasteiger partial charge in [-0.15, -0.1) is 0 Å². The fraction of sp³-hybridized carbons (Fsp3) is 0.348. The molecule has 1 aliphatic rings. The topological polar surface area (TPSA) is 87.7 Å². The molecule has 1 aliphatic heterocycles. The van der Waals surface area contributed by atoms with E-state index in [0.29, 0.717) is 16.9 Å². The summed E-state index contributed by atoms with van der Waals surface area (Å²) in [6.45, 7) is 3.16. The molecule has 2 aromatic rings. The smallest absolute Gasteiger partial charge is 0.338 e. The molecule has 0 radical (unpaired) electrons. The molecule has 2 aromatic carbocycles. The third-order valence-electron chi connectivity index (χ3n) is 4.90. The number of ether oxygens (including phenoxy) is 1. The number of carbonyl (C=O) groups is 3. The standard InChI is InChI=1S/C23H27N3O4/c1-17(27)24-19-8-6-18(7-9-19)23(29)30-16-22(28)25-20-10-12-21(13-11-20)26-14-4-2-3-5-15-26/h6-13H,2-5,14-16H2,1H3,(H,24,27)(H,25,28). The maximum absolute atomic E-state index is 12.1. The number of rotatable bonds is 6. The summed E-state index contributed by atoms with van der Waals surface area (Å²) >= 11 is 0. The van der Waals surface area contributed by atoms with Crippen molar-refractivity contribution in [2.75, 3.05) is 35.2 Å². The van der Waals surface area contributed by atoms with Gasteiger partial charge in [-0.3, -0.25) is 9.59 Å². The Morgan fingerprint density at radius 3 is 2.00 bits per heavy atom. The molecule has 0 unspecified atom stereocenters. The lowest BCUT2D eigenvalue weighted by atomic mass is 10.2. The van der Waals surface area contributed by atoms with Gasteiger partial charge in [0.05, 0.1) is 5.56 Å². The second-order valence-corrected chi connectivity index (χ2v) is 7.33. The summed E-state index contributed by atoms with van der Waals surface area (Å²) in [6, 6.07) is 14.0. The lowest BCUT2D eigenvalue weighted by molar-refractivity contribution is -0.119. The molecule has 0 bridgehead atoms. The Balaban J connectivity index is 1.47. The lowest BCUT2D eigenvalue weighted by Gasteiger charge is -2.22. The summed E-state index contributed by atoms with van der Waals surface area (Å²) in [6.07, 6.45) is 4.98. The van der Waals surface area contributed by atoms with Crippen molar-refractivity contribution in [3.63, 3.8) is 0 Å². The van der Waals surface area contributed by atoms with E-state index in [1.54, 1.807) is 12.1 Å². The normalized spacial score (nSPS) is 13.8. The highest BCUT2D eigenvalue weighted by molar-refractivity contribution is 5.96. The van der Waals surface area contributed by atoms with E-state index in [1.807, 2.05) is 24.3 Å². The molecule has 0 aliphatic carbocycles. The van der Waals surface area contributed by atoms with Crippen LogP contribution in [0.15, 0.2) is 48.5 Å². The predicted molar refractivity (Wildman–Crippen MR) is 117 cm³/mol. The molecule has 1 heterocycles. The van der Waals surface area contributed by atoms with Gasteiger partial charge in [-0.05, 0) is 61.4 Å². The van der Waals surface area contributed by atoms with Gasteiger partial charge in [-0.25, -0.2) is 4.79 Å². The lowest BCUT2D eigenvalue weighted by Crippen LogP contribution is -2.24. The van der Waals surface area contributed by atoms with Gasteiger partial charge >= 0.3 is 5.97 Å². The van der Waals surface area contributed by atoms with Crippen molar-refractivity contribution in [1.82, 2.24) is 0 Å². The first-order valence-corrected chi connectivity index (χ1v) is 10.2. The summed E-state index contributed by atoms with van der Waals surface area (Å²) < 4.78 is 5.07. The number of hydrogen-bond donors (Lipinski definition) is 2. The Hall–Kier alpha value is -3.35. The van der Waals surface area contributed by atoms with E-state index in [0.717, 1.165) is 18.8 Å². The van der Waals surface area contributed by atoms with Crippen LogP contribution in [0, 0.1) is 0 Å². The van der Waals surface area contributed by atoms with Crippen LogP contribution in [0.3, 0.4) is 0 Å². The van der Waals surface area contributed by atoms with Crippen molar-refractivity contribution in [1.29, 1.82) is 0 Å². The summed E-state index contributed by atoms with van der Waals surface area (Å²) in [4.78, 5) is 37.6. The van der Waals surface area contributed by atoms with Crippen LogP contribution in [0.5, 0.6) is 0 Å². The number of esters is 1. The monoisotopic (exact) mass is 409 g/mol. The van der Waals surface area contributed by atoms with Crippen LogP contribution < -0.4 is 15.5 Å². The van der Waals surface area contributed by atoms with Crippen molar-refractivity contribution >= 4 is 34.8 Å². The minimum absolute atomic E-state index is 0.193. The molecule has 2 N–H and O–H groups in total. The third kappa shape index (κ3) is 6.34. The Bertz CT molecular complexity index is 870. The first kappa shape index (κ1) is 21.4. The number of nitrogens with zero attached hydrogens (tertiary/aromatic N) is 1. The molecule has 0 atom stereocenters. The first-order valence-electron chi connectivity index (χ1n) is 10.2. The van der Waals surface area contributed by atoms with E-state index >= 15 is 0 Å². The average molecular weight is 409 g/mol. The highest BCUT2D eigenvalue weighted by Gasteiger charge is 2.12. The van der Waals surface area contributed by atoms with Gasteiger partial charge in [0.15, 0.2) is 6.61 Å². The summed E-state index contributed by atoms with van der Waals surface area (Å²) in [5.74, 6) is -1.20. The maximum atomic E-state index is 12.1. The molecule has 7 nitrogen and oxygen atoms in total. The number of nitrogens with one attached hydrogen (secondary N) is 2. The molecule has 158 valence electrons. The van der Waals surface area contributed by atoms with Crippen molar-refractivity contribution < 1.29 is 19.1 Å². The molecular formula is C23H27N3O4. The number of amides is 2. The Kier molecular flexibility index (Phi) is 7.43. The fourth-order valence-electron chi connectivity index (χ4n) is 3.39. The fourth-order valence-corrected chi connectivity index (χ4v) is 3.39. The molecule has 0 saturated carbocycles. The molecule has 7 heteroatoms. The van der Waals surface area contributed by atoms with Crippen molar-refractivity contribution in [3.8, 4) is 0 Å². The SMILES string of the molecule is CC(=O)Nc1ccc(C(=O)OCC(=O)Nc2ccc(N3CCCCCC3)cc2)cc1. The minimum Gasteiger partial charge on any atom is -0.452 e. The van der Waals surface area contributed by atoms with Gasteiger partial charge in [0.2, 0.25) is 5.91 Å². The minimum atomic E-state index is -0.601. The van der Waals surface area contributed by atoms with Gasteiger partial charge < -0.3 is 20.3 Å². The van der Waals surface area contributed by atoms with Crippen molar-refractivity contribution in [2.24, 2.45) is 0 Å². The Morgan fingerprint density at radius 2 is 1.40 bits per heavy atom. The van der Waals surface area contributed by atoms with E-state index in [-0.39, 0.29) is 12.5 Å². The van der Waals surface area contributed by atoms with Gasteiger partial charge in [-0.1, -0.05) is 12.8 Å². The van der Waals surface area contributed by atoms with E-state index in [1.165, 1.54) is 44.7 Å². The van der Waals surface area contributed by atoms with Crippen molar-refractivity contribution in [3.05, 3.63) is 54.1 Å². The van der Waals surface area contributed by atoms with E-state index in [4.69, 9.17) is 4.74 Å².